The Morgan fingerprint density at radius 2 is 2.24 bits per heavy atom. The third-order valence-corrected chi connectivity index (χ3v) is 4.36. The molecule has 1 saturated heterocycles. The third kappa shape index (κ3) is 3.96. The van der Waals surface area contributed by atoms with E-state index in [9.17, 15) is 4.79 Å². The van der Waals surface area contributed by atoms with Crippen LogP contribution in [0.4, 0.5) is 0 Å². The Balaban J connectivity index is 1.78. The molecule has 2 atom stereocenters. The molecule has 1 amide bonds. The van der Waals surface area contributed by atoms with Gasteiger partial charge in [-0.25, -0.2) is 0 Å². The number of likely N-dealkylation sites (tertiary alicyclic amines) is 1. The number of aromatic nitrogens is 2. The van der Waals surface area contributed by atoms with E-state index in [1.165, 1.54) is 0 Å². The largest absolute Gasteiger partial charge is 0.365 e. The highest BCUT2D eigenvalue weighted by atomic mass is 16.5. The van der Waals surface area contributed by atoms with E-state index in [2.05, 4.69) is 16.7 Å². The number of hydrogen-bond acceptors (Lipinski definition) is 5. The van der Waals surface area contributed by atoms with Gasteiger partial charge in [0.2, 0.25) is 11.7 Å². The molecule has 132 valence electrons. The van der Waals surface area contributed by atoms with Crippen LogP contribution in [0, 0.1) is 0 Å². The number of carbonyl (C=O) groups excluding carboxylic acids is 1. The van der Waals surface area contributed by atoms with Crippen LogP contribution in [0.3, 0.4) is 0 Å². The van der Waals surface area contributed by atoms with E-state index in [-0.39, 0.29) is 11.9 Å². The summed E-state index contributed by atoms with van der Waals surface area (Å²) in [6, 6.07) is 9.48. The summed E-state index contributed by atoms with van der Waals surface area (Å²) >= 11 is 0. The average molecular weight is 341 g/mol. The van der Waals surface area contributed by atoms with Crippen molar-refractivity contribution in [1.82, 2.24) is 15.0 Å². The van der Waals surface area contributed by atoms with Crippen LogP contribution in [-0.4, -0.2) is 40.2 Å². The summed E-state index contributed by atoms with van der Waals surface area (Å²) in [5.41, 5.74) is 0.897. The zero-order chi connectivity index (χ0) is 17.6. The van der Waals surface area contributed by atoms with Gasteiger partial charge >= 0.3 is 0 Å². The molecular weight excluding hydrogens is 318 g/mol. The Hall–Kier alpha value is -2.47. The van der Waals surface area contributed by atoms with E-state index in [1.807, 2.05) is 30.3 Å². The fourth-order valence-electron chi connectivity index (χ4n) is 3.04. The fraction of sp³-hybridized carbons (Fsp3) is 0.421. The van der Waals surface area contributed by atoms with Crippen LogP contribution in [0.15, 0.2) is 47.5 Å². The summed E-state index contributed by atoms with van der Waals surface area (Å²) in [6.07, 6.45) is 3.93. The van der Waals surface area contributed by atoms with E-state index in [0.717, 1.165) is 24.8 Å². The van der Waals surface area contributed by atoms with Crippen molar-refractivity contribution in [2.75, 3.05) is 13.2 Å². The van der Waals surface area contributed by atoms with Gasteiger partial charge in [0.15, 0.2) is 0 Å². The Bertz CT molecular complexity index is 714. The summed E-state index contributed by atoms with van der Waals surface area (Å²) in [6.45, 7) is 6.41. The van der Waals surface area contributed by atoms with Crippen molar-refractivity contribution in [3.63, 3.8) is 0 Å². The number of carbonyl (C=O) groups is 1. The van der Waals surface area contributed by atoms with E-state index in [0.29, 0.717) is 24.9 Å². The SMILES string of the molecule is C=CCO[C@H](C)C(=O)N1CCCC[C@@H]1c1nc(-c2ccccc2)no1. The molecule has 3 rings (SSSR count). The van der Waals surface area contributed by atoms with Gasteiger partial charge in [-0.05, 0) is 26.2 Å². The minimum Gasteiger partial charge on any atom is -0.365 e. The number of nitrogens with zero attached hydrogens (tertiary/aromatic N) is 3. The quantitative estimate of drug-likeness (QED) is 0.754. The van der Waals surface area contributed by atoms with Gasteiger partial charge < -0.3 is 14.2 Å². The number of hydrogen-bond donors (Lipinski definition) is 0. The molecule has 0 N–H and O–H groups in total. The lowest BCUT2D eigenvalue weighted by Gasteiger charge is -2.34. The van der Waals surface area contributed by atoms with E-state index in [1.54, 1.807) is 17.9 Å². The van der Waals surface area contributed by atoms with Gasteiger partial charge in [-0.1, -0.05) is 41.6 Å². The lowest BCUT2D eigenvalue weighted by Crippen LogP contribution is -2.44. The Kier molecular flexibility index (Phi) is 5.60. The minimum atomic E-state index is -0.518. The molecule has 6 heteroatoms. The molecule has 0 bridgehead atoms. The normalized spacial score (nSPS) is 18.8. The van der Waals surface area contributed by atoms with Crippen molar-refractivity contribution in [2.24, 2.45) is 0 Å². The Morgan fingerprint density at radius 3 is 3.00 bits per heavy atom. The Labute approximate surface area is 147 Å². The predicted molar refractivity (Wildman–Crippen MR) is 93.7 cm³/mol. The number of piperidine rings is 1. The van der Waals surface area contributed by atoms with Crippen LogP contribution in [-0.2, 0) is 9.53 Å². The van der Waals surface area contributed by atoms with E-state index in [4.69, 9.17) is 9.26 Å². The van der Waals surface area contributed by atoms with Gasteiger partial charge in [0.1, 0.15) is 12.1 Å². The summed E-state index contributed by atoms with van der Waals surface area (Å²) in [5.74, 6) is 0.985. The first-order valence-electron chi connectivity index (χ1n) is 8.62. The maximum atomic E-state index is 12.7. The summed E-state index contributed by atoms with van der Waals surface area (Å²) in [5, 5.41) is 4.08. The second-order valence-electron chi connectivity index (χ2n) is 6.13. The van der Waals surface area contributed by atoms with Crippen LogP contribution in [0.2, 0.25) is 0 Å². The molecule has 25 heavy (non-hydrogen) atoms. The van der Waals surface area contributed by atoms with Gasteiger partial charge in [0.25, 0.3) is 5.91 Å². The number of amides is 1. The molecule has 0 unspecified atom stereocenters. The highest BCUT2D eigenvalue weighted by Gasteiger charge is 2.34. The van der Waals surface area contributed by atoms with Gasteiger partial charge in [0, 0.05) is 12.1 Å². The molecule has 6 nitrogen and oxygen atoms in total. The van der Waals surface area contributed by atoms with Gasteiger partial charge in [-0.15, -0.1) is 6.58 Å². The van der Waals surface area contributed by atoms with Crippen molar-refractivity contribution >= 4 is 5.91 Å². The van der Waals surface area contributed by atoms with Crippen molar-refractivity contribution in [3.05, 3.63) is 48.9 Å². The van der Waals surface area contributed by atoms with Gasteiger partial charge in [-0.3, -0.25) is 4.79 Å². The maximum absolute atomic E-state index is 12.7. The first-order chi connectivity index (χ1) is 12.2. The van der Waals surface area contributed by atoms with Gasteiger partial charge in [0.05, 0.1) is 6.61 Å². The average Bonchev–Trinajstić information content (AvgIpc) is 3.16. The number of rotatable bonds is 6. The molecular formula is C19H23N3O3. The molecule has 0 radical (unpaired) electrons. The van der Waals surface area contributed by atoms with E-state index < -0.39 is 6.10 Å². The van der Waals surface area contributed by atoms with Crippen LogP contribution in [0.1, 0.15) is 38.1 Å². The standard InChI is InChI=1S/C19H23N3O3/c1-3-13-24-14(2)19(23)22-12-8-7-11-16(22)18-20-17(21-25-18)15-9-5-4-6-10-15/h3-6,9-10,14,16H,1,7-8,11-13H2,2H3/t14-,16-/m1/s1. The predicted octanol–water partition coefficient (Wildman–Crippen LogP) is 3.38. The van der Waals surface area contributed by atoms with Crippen molar-refractivity contribution in [2.45, 2.75) is 38.3 Å². The fourth-order valence-corrected chi connectivity index (χ4v) is 3.04. The number of ether oxygens (including phenoxy) is 1. The monoisotopic (exact) mass is 341 g/mol. The zero-order valence-corrected chi connectivity index (χ0v) is 14.4. The summed E-state index contributed by atoms with van der Waals surface area (Å²) in [4.78, 5) is 19.1. The molecule has 1 aromatic carbocycles. The second-order valence-corrected chi connectivity index (χ2v) is 6.13. The lowest BCUT2D eigenvalue weighted by molar-refractivity contribution is -0.146. The topological polar surface area (TPSA) is 68.5 Å². The molecule has 0 saturated carbocycles. The molecule has 2 aromatic rings. The van der Waals surface area contributed by atoms with Crippen molar-refractivity contribution in [3.8, 4) is 11.4 Å². The van der Waals surface area contributed by atoms with E-state index >= 15 is 0 Å². The summed E-state index contributed by atoms with van der Waals surface area (Å²) in [7, 11) is 0. The molecule has 1 fully saturated rings. The highest BCUT2D eigenvalue weighted by molar-refractivity contribution is 5.81. The molecule has 0 aliphatic carbocycles. The van der Waals surface area contributed by atoms with Crippen LogP contribution in [0.25, 0.3) is 11.4 Å². The van der Waals surface area contributed by atoms with Crippen LogP contribution >= 0.6 is 0 Å². The molecule has 1 aromatic heterocycles. The smallest absolute Gasteiger partial charge is 0.252 e. The van der Waals surface area contributed by atoms with Crippen LogP contribution in [0.5, 0.6) is 0 Å². The molecule has 0 spiro atoms. The van der Waals surface area contributed by atoms with Crippen molar-refractivity contribution < 1.29 is 14.1 Å². The van der Waals surface area contributed by atoms with Crippen LogP contribution < -0.4 is 0 Å². The first kappa shape index (κ1) is 17.4. The maximum Gasteiger partial charge on any atom is 0.252 e. The zero-order valence-electron chi connectivity index (χ0n) is 14.4. The third-order valence-electron chi connectivity index (χ3n) is 4.36. The molecule has 1 aliphatic rings. The number of benzene rings is 1. The van der Waals surface area contributed by atoms with Gasteiger partial charge in [-0.2, -0.15) is 4.98 Å². The first-order valence-corrected chi connectivity index (χ1v) is 8.62. The summed E-state index contributed by atoms with van der Waals surface area (Å²) < 4.78 is 11.0. The van der Waals surface area contributed by atoms with Crippen molar-refractivity contribution in [1.29, 1.82) is 0 Å². The molecule has 1 aliphatic heterocycles. The minimum absolute atomic E-state index is 0.0500. The lowest BCUT2D eigenvalue weighted by atomic mass is 10.0. The highest BCUT2D eigenvalue weighted by Crippen LogP contribution is 2.31. The Morgan fingerprint density at radius 1 is 1.44 bits per heavy atom. The second kappa shape index (κ2) is 8.07. The molecule has 2 heterocycles.